The molecule has 0 amide bonds. The molecule has 0 bridgehead atoms. The largest absolute Gasteiger partial charge is 0.464 e. The molecule has 1 N–H and O–H groups in total. The third-order valence-corrected chi connectivity index (χ3v) is 1.37. The van der Waals surface area contributed by atoms with E-state index in [0.717, 1.165) is 0 Å². The van der Waals surface area contributed by atoms with Crippen LogP contribution in [-0.2, 0) is 13.8 Å². The van der Waals surface area contributed by atoms with Gasteiger partial charge in [-0.25, -0.2) is 4.57 Å². The summed E-state index contributed by atoms with van der Waals surface area (Å²) in [4.78, 5) is 0. The SMILES string of the molecule is O=P1(Cl)ON(O)O1. The van der Waals surface area contributed by atoms with Crippen LogP contribution in [0.3, 0.4) is 0 Å². The Morgan fingerprint density at radius 3 is 2.14 bits per heavy atom. The van der Waals surface area contributed by atoms with Crippen LogP contribution in [0.4, 0.5) is 0 Å². The van der Waals surface area contributed by atoms with Crippen LogP contribution < -0.4 is 0 Å². The van der Waals surface area contributed by atoms with E-state index in [1.165, 1.54) is 0 Å². The highest BCUT2D eigenvalue weighted by Crippen LogP contribution is 2.61. The normalized spacial score (nSPS) is 29.4. The molecule has 0 aromatic carbocycles. The number of hydrogen-bond acceptors (Lipinski definition) is 5. The molecule has 7 heavy (non-hydrogen) atoms. The summed E-state index contributed by atoms with van der Waals surface area (Å²) < 4.78 is 17.6. The van der Waals surface area contributed by atoms with Crippen molar-refractivity contribution in [3.63, 3.8) is 0 Å². The molecule has 0 unspecified atom stereocenters. The van der Waals surface area contributed by atoms with E-state index in [2.05, 4.69) is 9.25 Å². The van der Waals surface area contributed by atoms with Crippen LogP contribution in [0.1, 0.15) is 0 Å². The van der Waals surface area contributed by atoms with Gasteiger partial charge in [-0.05, 0) is 0 Å². The second-order valence-corrected chi connectivity index (χ2v) is 3.26. The smallest absolute Gasteiger partial charge is 0.265 e. The van der Waals surface area contributed by atoms with Gasteiger partial charge >= 0.3 is 6.95 Å². The van der Waals surface area contributed by atoms with Crippen molar-refractivity contribution < 1.29 is 19.0 Å². The quantitative estimate of drug-likeness (QED) is 0.513. The molecule has 0 aromatic heterocycles. The first-order valence-corrected chi connectivity index (χ1v) is 3.73. The summed E-state index contributed by atoms with van der Waals surface area (Å²) in [5, 5.41) is 7.85. The van der Waals surface area contributed by atoms with Crippen LogP contribution >= 0.6 is 18.2 Å². The van der Waals surface area contributed by atoms with Crippen LogP contribution in [-0.4, -0.2) is 10.6 Å². The van der Waals surface area contributed by atoms with Crippen molar-refractivity contribution in [3.05, 3.63) is 0 Å². The Morgan fingerprint density at radius 2 is 2.14 bits per heavy atom. The molecular weight excluding hydrogens is 144 g/mol. The van der Waals surface area contributed by atoms with Gasteiger partial charge in [-0.1, -0.05) is 0 Å². The molecule has 1 heterocycles. The second-order valence-electron chi connectivity index (χ2n) is 0.832. The van der Waals surface area contributed by atoms with E-state index in [1.54, 1.807) is 0 Å². The van der Waals surface area contributed by atoms with Crippen molar-refractivity contribution >= 4 is 18.2 Å². The summed E-state index contributed by atoms with van der Waals surface area (Å²) in [6, 6.07) is 0. The number of hydrogen-bond donors (Lipinski definition) is 1. The molecule has 1 aliphatic heterocycles. The highest BCUT2D eigenvalue weighted by Gasteiger charge is 2.40. The van der Waals surface area contributed by atoms with Crippen molar-refractivity contribution in [2.45, 2.75) is 0 Å². The average molecular weight is 145 g/mol. The topological polar surface area (TPSA) is 59.0 Å². The van der Waals surface area contributed by atoms with Crippen LogP contribution in [0.5, 0.6) is 0 Å². The Bertz CT molecular complexity index is 113. The molecule has 0 spiro atoms. The zero-order valence-corrected chi connectivity index (χ0v) is 4.59. The highest BCUT2D eigenvalue weighted by molar-refractivity contribution is 7.81. The lowest BCUT2D eigenvalue weighted by molar-refractivity contribution is -0.486. The Labute approximate surface area is 43.6 Å². The molecule has 0 aromatic rings. The van der Waals surface area contributed by atoms with Gasteiger partial charge in [-0.3, -0.25) is 5.21 Å². The molecule has 0 radical (unpaired) electrons. The zero-order valence-electron chi connectivity index (χ0n) is 2.94. The third-order valence-electron chi connectivity index (χ3n) is 0.335. The van der Waals surface area contributed by atoms with E-state index in [4.69, 9.17) is 16.4 Å². The Morgan fingerprint density at radius 1 is 1.71 bits per heavy atom. The van der Waals surface area contributed by atoms with Crippen molar-refractivity contribution in [2.75, 3.05) is 0 Å². The number of nitrogens with zero attached hydrogens (tertiary/aromatic N) is 1. The lowest BCUT2D eigenvalue weighted by atomic mass is 13.0. The molecule has 42 valence electrons. The van der Waals surface area contributed by atoms with Gasteiger partial charge in [-0.2, -0.15) is 9.25 Å². The summed E-state index contributed by atoms with van der Waals surface area (Å²) in [7, 11) is 0. The van der Waals surface area contributed by atoms with Crippen LogP contribution in [0.25, 0.3) is 0 Å². The van der Waals surface area contributed by atoms with Crippen molar-refractivity contribution in [3.8, 4) is 0 Å². The summed E-state index contributed by atoms with van der Waals surface area (Å²) >= 11 is 4.81. The first-order valence-electron chi connectivity index (χ1n) is 1.28. The van der Waals surface area contributed by atoms with Crippen molar-refractivity contribution in [2.24, 2.45) is 0 Å². The Kier molecular flexibility index (Phi) is 1.11. The van der Waals surface area contributed by atoms with Gasteiger partial charge in [0.15, 0.2) is 0 Å². The van der Waals surface area contributed by atoms with Crippen molar-refractivity contribution in [1.82, 2.24) is 5.39 Å². The first-order chi connectivity index (χ1) is 3.10. The van der Waals surface area contributed by atoms with Crippen LogP contribution in [0.15, 0.2) is 0 Å². The van der Waals surface area contributed by atoms with Crippen LogP contribution in [0, 0.1) is 0 Å². The summed E-state index contributed by atoms with van der Waals surface area (Å²) in [5.74, 6) is 0. The fraction of sp³-hybridized carbons (Fsp3) is 0. The maximum atomic E-state index is 10.00. The minimum absolute atomic E-state index is 0.0617. The maximum Gasteiger partial charge on any atom is 0.464 e. The predicted molar refractivity (Wildman–Crippen MR) is 19.3 cm³/mol. The Balaban J connectivity index is 2.44. The molecule has 1 aliphatic rings. The van der Waals surface area contributed by atoms with E-state index < -0.39 is 6.95 Å². The molecule has 7 heteroatoms. The van der Waals surface area contributed by atoms with Crippen molar-refractivity contribution in [1.29, 1.82) is 0 Å². The average Bonchev–Trinajstić information content (AvgIpc) is 1.27. The van der Waals surface area contributed by atoms with Gasteiger partial charge in [0.05, 0.1) is 5.39 Å². The predicted octanol–water partition coefficient (Wildman–Crippen LogP) is 0.901. The van der Waals surface area contributed by atoms with E-state index in [-0.39, 0.29) is 5.39 Å². The maximum absolute atomic E-state index is 10.00. The minimum atomic E-state index is -3.37. The minimum Gasteiger partial charge on any atom is -0.265 e. The van der Waals surface area contributed by atoms with Gasteiger partial charge in [0, 0.05) is 11.2 Å². The highest BCUT2D eigenvalue weighted by atomic mass is 35.7. The molecule has 1 rings (SSSR count). The molecule has 0 saturated carbocycles. The standard InChI is InChI=1S/ClHNO4P/c1-7(4)5-2(3)6-7/h3H. The Hall–Kier alpha value is 0.360. The van der Waals surface area contributed by atoms with Gasteiger partial charge in [-0.15, -0.1) is 0 Å². The molecule has 0 atom stereocenters. The van der Waals surface area contributed by atoms with Crippen LogP contribution in [0.2, 0.25) is 0 Å². The van der Waals surface area contributed by atoms with E-state index in [0.29, 0.717) is 0 Å². The van der Waals surface area contributed by atoms with Gasteiger partial charge in [0.2, 0.25) is 0 Å². The van der Waals surface area contributed by atoms with E-state index in [9.17, 15) is 4.57 Å². The number of halogens is 1. The molecule has 5 nitrogen and oxygen atoms in total. The van der Waals surface area contributed by atoms with E-state index >= 15 is 0 Å². The summed E-state index contributed by atoms with van der Waals surface area (Å²) in [6.45, 7) is -3.37. The van der Waals surface area contributed by atoms with Gasteiger partial charge in [0.25, 0.3) is 0 Å². The van der Waals surface area contributed by atoms with E-state index in [1.807, 2.05) is 0 Å². The second kappa shape index (κ2) is 1.42. The molecule has 1 saturated heterocycles. The summed E-state index contributed by atoms with van der Waals surface area (Å²) in [6.07, 6.45) is 0. The lowest BCUT2D eigenvalue weighted by Gasteiger charge is -2.24. The number of rotatable bonds is 0. The summed E-state index contributed by atoms with van der Waals surface area (Å²) in [5.41, 5.74) is 0. The lowest BCUT2D eigenvalue weighted by Crippen LogP contribution is -2.25. The first kappa shape index (κ1) is 5.50. The fourth-order valence-corrected chi connectivity index (χ4v) is 0.836. The zero-order chi connectivity index (χ0) is 5.49. The third kappa shape index (κ3) is 1.13. The fourth-order valence-electron chi connectivity index (χ4n) is 0.173. The van der Waals surface area contributed by atoms with Gasteiger partial charge in [0.1, 0.15) is 0 Å². The van der Waals surface area contributed by atoms with Gasteiger partial charge < -0.3 is 0 Å². The monoisotopic (exact) mass is 145 g/mol. The molecule has 1 fully saturated rings. The molecular formula is HClNO4P. The molecule has 0 aliphatic carbocycles.